The summed E-state index contributed by atoms with van der Waals surface area (Å²) in [5.74, 6) is -0.518. The number of hydrogen-bond donors (Lipinski definition) is 0. The highest BCUT2D eigenvalue weighted by molar-refractivity contribution is 9.08. The molecule has 0 unspecified atom stereocenters. The molecular formula is C11H12BrNO3. The first kappa shape index (κ1) is 12.7. The van der Waals surface area contributed by atoms with Crippen molar-refractivity contribution in [2.75, 3.05) is 14.2 Å². The van der Waals surface area contributed by atoms with E-state index in [1.165, 1.54) is 14.2 Å². The van der Waals surface area contributed by atoms with Crippen LogP contribution in [-0.2, 0) is 19.7 Å². The molecule has 0 spiro atoms. The number of carbonyl (C=O) groups is 1. The van der Waals surface area contributed by atoms with Gasteiger partial charge in [0.05, 0.1) is 7.11 Å². The lowest BCUT2D eigenvalue weighted by Crippen LogP contribution is -2.19. The van der Waals surface area contributed by atoms with Crippen LogP contribution >= 0.6 is 15.9 Å². The Morgan fingerprint density at radius 1 is 1.38 bits per heavy atom. The van der Waals surface area contributed by atoms with E-state index in [1.54, 1.807) is 6.07 Å². The standard InChI is InChI=1S/C11H12BrNO3/c1-15-11(14)10(13-16-2)9-6-4-3-5-8(9)7-12/h3-6H,7H2,1-2H3. The summed E-state index contributed by atoms with van der Waals surface area (Å²) in [4.78, 5) is 16.2. The quantitative estimate of drug-likeness (QED) is 0.368. The van der Waals surface area contributed by atoms with Gasteiger partial charge in [0.2, 0.25) is 0 Å². The number of nitrogens with zero attached hydrogens (tertiary/aromatic N) is 1. The van der Waals surface area contributed by atoms with Gasteiger partial charge in [-0.2, -0.15) is 0 Å². The molecule has 5 heteroatoms. The van der Waals surface area contributed by atoms with Gasteiger partial charge in [-0.1, -0.05) is 45.4 Å². The fourth-order valence-corrected chi connectivity index (χ4v) is 1.74. The lowest BCUT2D eigenvalue weighted by Gasteiger charge is -2.07. The van der Waals surface area contributed by atoms with Crippen LogP contribution in [0.2, 0.25) is 0 Å². The summed E-state index contributed by atoms with van der Waals surface area (Å²) in [6.07, 6.45) is 0. The molecule has 0 fully saturated rings. The van der Waals surface area contributed by atoms with E-state index >= 15 is 0 Å². The number of rotatable bonds is 4. The van der Waals surface area contributed by atoms with Gasteiger partial charge in [-0.3, -0.25) is 0 Å². The van der Waals surface area contributed by atoms with Crippen molar-refractivity contribution in [3.8, 4) is 0 Å². The normalized spacial score (nSPS) is 11.1. The molecule has 0 heterocycles. The molecule has 4 nitrogen and oxygen atoms in total. The fraction of sp³-hybridized carbons (Fsp3) is 0.273. The summed E-state index contributed by atoms with van der Waals surface area (Å²) in [6.45, 7) is 0. The first-order valence-electron chi connectivity index (χ1n) is 4.58. The van der Waals surface area contributed by atoms with Crippen LogP contribution in [0.1, 0.15) is 11.1 Å². The van der Waals surface area contributed by atoms with Crippen molar-refractivity contribution in [2.24, 2.45) is 5.16 Å². The van der Waals surface area contributed by atoms with Crippen LogP contribution in [0.3, 0.4) is 0 Å². The third-order valence-corrected chi connectivity index (χ3v) is 2.58. The zero-order valence-corrected chi connectivity index (χ0v) is 10.7. The van der Waals surface area contributed by atoms with E-state index in [9.17, 15) is 4.79 Å². The van der Waals surface area contributed by atoms with Crippen molar-refractivity contribution < 1.29 is 14.4 Å². The van der Waals surface area contributed by atoms with Crippen molar-refractivity contribution in [2.45, 2.75) is 5.33 Å². The van der Waals surface area contributed by atoms with Crippen LogP contribution in [0.5, 0.6) is 0 Å². The molecule has 1 aromatic carbocycles. The van der Waals surface area contributed by atoms with Crippen molar-refractivity contribution in [3.05, 3.63) is 35.4 Å². The molecule has 1 aromatic rings. The Morgan fingerprint density at radius 2 is 2.06 bits per heavy atom. The third kappa shape index (κ3) is 2.82. The van der Waals surface area contributed by atoms with Gasteiger partial charge >= 0.3 is 5.97 Å². The number of esters is 1. The molecule has 1 rings (SSSR count). The topological polar surface area (TPSA) is 47.9 Å². The van der Waals surface area contributed by atoms with E-state index in [4.69, 9.17) is 0 Å². The Hall–Kier alpha value is -1.36. The molecule has 16 heavy (non-hydrogen) atoms. The summed E-state index contributed by atoms with van der Waals surface area (Å²) < 4.78 is 4.65. The number of benzene rings is 1. The highest BCUT2D eigenvalue weighted by atomic mass is 79.9. The molecule has 0 aromatic heterocycles. The first-order valence-corrected chi connectivity index (χ1v) is 5.70. The summed E-state index contributed by atoms with van der Waals surface area (Å²) in [6, 6.07) is 7.42. The smallest absolute Gasteiger partial charge is 0.360 e. The number of halogens is 1. The van der Waals surface area contributed by atoms with Crippen LogP contribution in [-0.4, -0.2) is 25.9 Å². The Kier molecular flexibility index (Phi) is 4.98. The number of carbonyl (C=O) groups excluding carboxylic acids is 1. The lowest BCUT2D eigenvalue weighted by molar-refractivity contribution is -0.132. The van der Waals surface area contributed by atoms with Gasteiger partial charge in [-0.15, -0.1) is 0 Å². The third-order valence-electron chi connectivity index (χ3n) is 1.98. The molecule has 0 saturated carbocycles. The van der Waals surface area contributed by atoms with Crippen LogP contribution < -0.4 is 0 Å². The Bertz CT molecular complexity index is 404. The largest absolute Gasteiger partial charge is 0.464 e. The molecular weight excluding hydrogens is 274 g/mol. The second-order valence-electron chi connectivity index (χ2n) is 2.90. The molecule has 0 bridgehead atoms. The number of methoxy groups -OCH3 is 1. The highest BCUT2D eigenvalue weighted by Crippen LogP contribution is 2.14. The number of alkyl halides is 1. The zero-order valence-electron chi connectivity index (χ0n) is 9.07. The molecule has 86 valence electrons. The summed E-state index contributed by atoms with van der Waals surface area (Å²) in [5.41, 5.74) is 1.82. The van der Waals surface area contributed by atoms with E-state index in [0.717, 1.165) is 5.56 Å². The minimum absolute atomic E-state index is 0.167. The average molecular weight is 286 g/mol. The maximum Gasteiger partial charge on any atom is 0.360 e. The Morgan fingerprint density at radius 3 is 2.62 bits per heavy atom. The molecule has 0 aliphatic heterocycles. The van der Waals surface area contributed by atoms with E-state index in [1.807, 2.05) is 18.2 Å². The Balaban J connectivity index is 3.21. The Labute approximate surface area is 102 Å². The fourth-order valence-electron chi connectivity index (χ4n) is 1.25. The van der Waals surface area contributed by atoms with E-state index in [-0.39, 0.29) is 5.71 Å². The molecule has 0 N–H and O–H groups in total. The van der Waals surface area contributed by atoms with Gasteiger partial charge in [-0.25, -0.2) is 4.79 Å². The second-order valence-corrected chi connectivity index (χ2v) is 3.47. The summed E-state index contributed by atoms with van der Waals surface area (Å²) in [5, 5.41) is 4.32. The molecule has 0 aliphatic carbocycles. The predicted molar refractivity (Wildman–Crippen MR) is 64.6 cm³/mol. The number of ether oxygens (including phenoxy) is 1. The first-order chi connectivity index (χ1) is 7.74. The molecule has 0 aliphatic rings. The average Bonchev–Trinajstić information content (AvgIpc) is 2.35. The maximum atomic E-state index is 11.5. The minimum atomic E-state index is -0.518. The van der Waals surface area contributed by atoms with Crippen molar-refractivity contribution in [3.63, 3.8) is 0 Å². The molecule has 0 atom stereocenters. The van der Waals surface area contributed by atoms with Gasteiger partial charge in [0, 0.05) is 10.9 Å². The zero-order chi connectivity index (χ0) is 12.0. The molecule has 0 saturated heterocycles. The van der Waals surface area contributed by atoms with Gasteiger partial charge < -0.3 is 9.57 Å². The van der Waals surface area contributed by atoms with Gasteiger partial charge in [-0.05, 0) is 5.56 Å². The highest BCUT2D eigenvalue weighted by Gasteiger charge is 2.18. The van der Waals surface area contributed by atoms with Crippen molar-refractivity contribution >= 4 is 27.6 Å². The van der Waals surface area contributed by atoms with E-state index in [2.05, 4.69) is 30.7 Å². The predicted octanol–water partition coefficient (Wildman–Crippen LogP) is 2.11. The number of hydrogen-bond acceptors (Lipinski definition) is 4. The minimum Gasteiger partial charge on any atom is -0.464 e. The summed E-state index contributed by atoms with van der Waals surface area (Å²) >= 11 is 3.35. The van der Waals surface area contributed by atoms with Crippen molar-refractivity contribution in [1.29, 1.82) is 0 Å². The van der Waals surface area contributed by atoms with Gasteiger partial charge in [0.15, 0.2) is 5.71 Å². The van der Waals surface area contributed by atoms with Gasteiger partial charge in [0.1, 0.15) is 7.11 Å². The SMILES string of the molecule is CON=C(C(=O)OC)c1ccccc1CBr. The van der Waals surface area contributed by atoms with Crippen LogP contribution in [0.25, 0.3) is 0 Å². The number of oxime groups is 1. The molecule has 0 radical (unpaired) electrons. The lowest BCUT2D eigenvalue weighted by atomic mass is 10.0. The van der Waals surface area contributed by atoms with Crippen molar-refractivity contribution in [1.82, 2.24) is 0 Å². The maximum absolute atomic E-state index is 11.5. The summed E-state index contributed by atoms with van der Waals surface area (Å²) in [7, 11) is 2.70. The monoisotopic (exact) mass is 285 g/mol. The molecule has 0 amide bonds. The van der Waals surface area contributed by atoms with Crippen LogP contribution in [0, 0.1) is 0 Å². The van der Waals surface area contributed by atoms with Gasteiger partial charge in [0.25, 0.3) is 0 Å². The van der Waals surface area contributed by atoms with Crippen LogP contribution in [0.15, 0.2) is 29.4 Å². The van der Waals surface area contributed by atoms with E-state index in [0.29, 0.717) is 10.9 Å². The van der Waals surface area contributed by atoms with Crippen LogP contribution in [0.4, 0.5) is 0 Å². The van der Waals surface area contributed by atoms with E-state index < -0.39 is 5.97 Å². The second kappa shape index (κ2) is 6.27.